The van der Waals surface area contributed by atoms with Crippen LogP contribution in [0.2, 0.25) is 5.02 Å². The molecule has 0 amide bonds. The number of hydrogen-bond acceptors (Lipinski definition) is 0. The predicted molar refractivity (Wildman–Crippen MR) is 81.9 cm³/mol. The number of halogens is 1. The van der Waals surface area contributed by atoms with Gasteiger partial charge < -0.3 is 0 Å². The molecule has 0 saturated heterocycles. The van der Waals surface area contributed by atoms with E-state index in [2.05, 4.69) is 55.5 Å². The highest BCUT2D eigenvalue weighted by Crippen LogP contribution is 2.43. The van der Waals surface area contributed by atoms with Crippen molar-refractivity contribution >= 4 is 22.4 Å². The second-order valence-corrected chi connectivity index (χ2v) is 5.65. The van der Waals surface area contributed by atoms with Crippen molar-refractivity contribution in [2.24, 2.45) is 0 Å². The van der Waals surface area contributed by atoms with Crippen molar-refractivity contribution in [2.75, 3.05) is 0 Å². The van der Waals surface area contributed by atoms with Crippen molar-refractivity contribution < 1.29 is 0 Å². The van der Waals surface area contributed by atoms with Gasteiger partial charge in [0.05, 0.1) is 5.02 Å². The summed E-state index contributed by atoms with van der Waals surface area (Å²) >= 11 is 6.65. The summed E-state index contributed by atoms with van der Waals surface area (Å²) in [6, 6.07) is 17.4. The molecule has 0 bridgehead atoms. The zero-order valence-corrected chi connectivity index (χ0v) is 11.5. The van der Waals surface area contributed by atoms with Gasteiger partial charge in [-0.05, 0) is 46.7 Å². The van der Waals surface area contributed by atoms with Crippen LogP contribution >= 0.6 is 11.6 Å². The molecule has 0 aliphatic heterocycles. The topological polar surface area (TPSA) is 0 Å². The maximum atomic E-state index is 6.65. The summed E-state index contributed by atoms with van der Waals surface area (Å²) < 4.78 is 0. The second kappa shape index (κ2) is 3.85. The summed E-state index contributed by atoms with van der Waals surface area (Å²) in [4.78, 5) is 0. The Labute approximate surface area is 117 Å². The van der Waals surface area contributed by atoms with E-state index >= 15 is 0 Å². The maximum Gasteiger partial charge on any atom is 0.0526 e. The third-order valence-corrected chi connectivity index (χ3v) is 4.44. The van der Waals surface area contributed by atoms with Gasteiger partial charge in [0.1, 0.15) is 0 Å². The molecule has 0 unspecified atom stereocenters. The fourth-order valence-electron chi connectivity index (χ4n) is 3.05. The SMILES string of the molecule is Cc1ccc2cc3c(c(Cl)c2c1)Cc1ccccc1-3. The highest BCUT2D eigenvalue weighted by Gasteiger charge is 2.21. The van der Waals surface area contributed by atoms with E-state index in [0.717, 1.165) is 11.4 Å². The summed E-state index contributed by atoms with van der Waals surface area (Å²) in [7, 11) is 0. The fourth-order valence-corrected chi connectivity index (χ4v) is 3.38. The van der Waals surface area contributed by atoms with Crippen LogP contribution in [0.5, 0.6) is 0 Å². The summed E-state index contributed by atoms with van der Waals surface area (Å²) in [5.41, 5.74) is 6.55. The van der Waals surface area contributed by atoms with Crippen molar-refractivity contribution in [1.29, 1.82) is 0 Å². The zero-order valence-electron chi connectivity index (χ0n) is 10.7. The van der Waals surface area contributed by atoms with Crippen molar-refractivity contribution in [3.8, 4) is 11.1 Å². The van der Waals surface area contributed by atoms with Crippen molar-refractivity contribution in [3.63, 3.8) is 0 Å². The Morgan fingerprint density at radius 1 is 0.947 bits per heavy atom. The molecule has 0 nitrogen and oxygen atoms in total. The average Bonchev–Trinajstić information content (AvgIpc) is 2.79. The van der Waals surface area contributed by atoms with Gasteiger partial charge in [0.15, 0.2) is 0 Å². The van der Waals surface area contributed by atoms with Crippen LogP contribution in [0, 0.1) is 6.92 Å². The van der Waals surface area contributed by atoms with E-state index in [4.69, 9.17) is 11.6 Å². The zero-order chi connectivity index (χ0) is 13.0. The predicted octanol–water partition coefficient (Wildman–Crippen LogP) is 5.37. The maximum absolute atomic E-state index is 6.65. The first-order chi connectivity index (χ1) is 9.24. The lowest BCUT2D eigenvalue weighted by atomic mass is 9.99. The minimum Gasteiger partial charge on any atom is -0.0833 e. The summed E-state index contributed by atoms with van der Waals surface area (Å²) in [6.07, 6.45) is 0.953. The van der Waals surface area contributed by atoms with Crippen LogP contribution in [0.25, 0.3) is 21.9 Å². The van der Waals surface area contributed by atoms with E-state index in [-0.39, 0.29) is 0 Å². The van der Waals surface area contributed by atoms with Gasteiger partial charge >= 0.3 is 0 Å². The number of rotatable bonds is 0. The molecule has 0 fully saturated rings. The van der Waals surface area contributed by atoms with E-state index in [1.807, 2.05) is 0 Å². The molecule has 0 heterocycles. The Bertz CT molecular complexity index is 815. The Kier molecular flexibility index (Phi) is 2.24. The Morgan fingerprint density at radius 2 is 1.79 bits per heavy atom. The lowest BCUT2D eigenvalue weighted by Crippen LogP contribution is -1.86. The van der Waals surface area contributed by atoms with E-state index in [1.54, 1.807) is 0 Å². The van der Waals surface area contributed by atoms with Gasteiger partial charge in [-0.15, -0.1) is 0 Å². The number of benzene rings is 3. The Hall–Kier alpha value is -1.79. The molecule has 0 radical (unpaired) electrons. The Balaban J connectivity index is 2.10. The molecule has 1 aliphatic rings. The number of fused-ring (bicyclic) bond motifs is 4. The van der Waals surface area contributed by atoms with Gasteiger partial charge in [-0.3, -0.25) is 0 Å². The largest absolute Gasteiger partial charge is 0.0833 e. The highest BCUT2D eigenvalue weighted by molar-refractivity contribution is 6.37. The second-order valence-electron chi connectivity index (χ2n) is 5.28. The third-order valence-electron chi connectivity index (χ3n) is 4.01. The number of aryl methyl sites for hydroxylation is 1. The van der Waals surface area contributed by atoms with Gasteiger partial charge in [0.25, 0.3) is 0 Å². The van der Waals surface area contributed by atoms with Gasteiger partial charge in [-0.2, -0.15) is 0 Å². The molecular weight excluding hydrogens is 252 g/mol. The average molecular weight is 265 g/mol. The lowest BCUT2D eigenvalue weighted by molar-refractivity contribution is 1.27. The van der Waals surface area contributed by atoms with E-state index < -0.39 is 0 Å². The van der Waals surface area contributed by atoms with E-state index in [1.165, 1.54) is 38.6 Å². The lowest BCUT2D eigenvalue weighted by Gasteiger charge is -2.08. The first-order valence-corrected chi connectivity index (χ1v) is 6.92. The van der Waals surface area contributed by atoms with E-state index in [0.29, 0.717) is 0 Å². The van der Waals surface area contributed by atoms with Crippen LogP contribution in [0.3, 0.4) is 0 Å². The first-order valence-electron chi connectivity index (χ1n) is 6.54. The van der Waals surface area contributed by atoms with Crippen LogP contribution in [0.15, 0.2) is 48.5 Å². The van der Waals surface area contributed by atoms with Gasteiger partial charge in [-0.1, -0.05) is 53.6 Å². The molecule has 19 heavy (non-hydrogen) atoms. The quantitative estimate of drug-likeness (QED) is 0.400. The highest BCUT2D eigenvalue weighted by atomic mass is 35.5. The fraction of sp³-hybridized carbons (Fsp3) is 0.111. The van der Waals surface area contributed by atoms with Crippen LogP contribution in [0.4, 0.5) is 0 Å². The molecule has 0 saturated carbocycles. The molecule has 1 aliphatic carbocycles. The molecule has 92 valence electrons. The molecule has 0 N–H and O–H groups in total. The van der Waals surface area contributed by atoms with Gasteiger partial charge in [-0.25, -0.2) is 0 Å². The third kappa shape index (κ3) is 1.53. The molecular formula is C18H13Cl. The standard InChI is InChI=1S/C18H13Cl/c1-11-6-7-13-9-16-14-5-3-2-4-12(14)10-17(16)18(19)15(13)8-11/h2-9H,10H2,1H3. The van der Waals surface area contributed by atoms with Gasteiger partial charge in [0.2, 0.25) is 0 Å². The van der Waals surface area contributed by atoms with Gasteiger partial charge in [0, 0.05) is 11.8 Å². The summed E-state index contributed by atoms with van der Waals surface area (Å²) in [6.45, 7) is 2.11. The smallest absolute Gasteiger partial charge is 0.0526 e. The molecule has 4 rings (SSSR count). The van der Waals surface area contributed by atoms with E-state index in [9.17, 15) is 0 Å². The molecule has 3 aromatic rings. The number of hydrogen-bond donors (Lipinski definition) is 0. The van der Waals surface area contributed by atoms with Crippen molar-refractivity contribution in [3.05, 3.63) is 70.2 Å². The minimum absolute atomic E-state index is 0.924. The van der Waals surface area contributed by atoms with Crippen molar-refractivity contribution in [1.82, 2.24) is 0 Å². The molecule has 0 aromatic heterocycles. The van der Waals surface area contributed by atoms with Crippen LogP contribution in [-0.4, -0.2) is 0 Å². The monoisotopic (exact) mass is 264 g/mol. The molecule has 3 aromatic carbocycles. The Morgan fingerprint density at radius 3 is 2.68 bits per heavy atom. The summed E-state index contributed by atoms with van der Waals surface area (Å²) in [5, 5.41) is 3.33. The van der Waals surface area contributed by atoms with Crippen LogP contribution in [-0.2, 0) is 6.42 Å². The first kappa shape index (κ1) is 11.1. The molecule has 1 heteroatoms. The summed E-state index contributed by atoms with van der Waals surface area (Å²) in [5.74, 6) is 0. The molecule has 0 atom stereocenters. The van der Waals surface area contributed by atoms with Crippen molar-refractivity contribution in [2.45, 2.75) is 13.3 Å². The van der Waals surface area contributed by atoms with Crippen LogP contribution < -0.4 is 0 Å². The minimum atomic E-state index is 0.924. The van der Waals surface area contributed by atoms with Crippen LogP contribution in [0.1, 0.15) is 16.7 Å². The molecule has 0 spiro atoms. The normalized spacial score (nSPS) is 12.5.